The summed E-state index contributed by atoms with van der Waals surface area (Å²) >= 11 is 9.44. The lowest BCUT2D eigenvalue weighted by atomic mass is 10.2. The zero-order valence-corrected chi connectivity index (χ0v) is 15.5. The van der Waals surface area contributed by atoms with E-state index in [1.165, 1.54) is 0 Å². The van der Waals surface area contributed by atoms with Gasteiger partial charge in [-0.2, -0.15) is 4.98 Å². The third kappa shape index (κ3) is 4.23. The molecule has 6 nitrogen and oxygen atoms in total. The van der Waals surface area contributed by atoms with Gasteiger partial charge in [0.05, 0.1) is 10.2 Å². The standard InChI is InChI=1S/C14H20BrClN4O2/c1-9-10(15)11(18-12(16)17-9)19-5-7-20(8-6-19)13(21)22-14(2,3)4/h5-8H2,1-4H3. The van der Waals surface area contributed by atoms with Crippen molar-refractivity contribution in [2.45, 2.75) is 33.3 Å². The molecule has 0 aromatic carbocycles. The maximum Gasteiger partial charge on any atom is 0.410 e. The molecule has 1 amide bonds. The molecule has 2 heterocycles. The van der Waals surface area contributed by atoms with Gasteiger partial charge in [-0.05, 0) is 55.2 Å². The summed E-state index contributed by atoms with van der Waals surface area (Å²) < 4.78 is 6.23. The van der Waals surface area contributed by atoms with E-state index < -0.39 is 5.60 Å². The van der Waals surface area contributed by atoms with Crippen LogP contribution in [0.1, 0.15) is 26.5 Å². The molecule has 0 saturated carbocycles. The molecule has 0 N–H and O–H groups in total. The molecule has 0 radical (unpaired) electrons. The number of rotatable bonds is 1. The zero-order valence-electron chi connectivity index (χ0n) is 13.2. The SMILES string of the molecule is Cc1nc(Cl)nc(N2CCN(C(=O)OC(C)(C)C)CC2)c1Br. The van der Waals surface area contributed by atoms with Crippen molar-refractivity contribution >= 4 is 39.4 Å². The molecule has 0 atom stereocenters. The van der Waals surface area contributed by atoms with E-state index in [2.05, 4.69) is 30.8 Å². The van der Waals surface area contributed by atoms with E-state index in [1.54, 1.807) is 4.90 Å². The van der Waals surface area contributed by atoms with Crippen molar-refractivity contribution in [2.24, 2.45) is 0 Å². The van der Waals surface area contributed by atoms with Crippen molar-refractivity contribution in [3.05, 3.63) is 15.5 Å². The summed E-state index contributed by atoms with van der Waals surface area (Å²) in [5, 5.41) is 0.227. The topological polar surface area (TPSA) is 58.6 Å². The minimum absolute atomic E-state index is 0.227. The summed E-state index contributed by atoms with van der Waals surface area (Å²) in [7, 11) is 0. The fraction of sp³-hybridized carbons (Fsp3) is 0.643. The molecule has 122 valence electrons. The number of halogens is 2. The van der Waals surface area contributed by atoms with Crippen molar-refractivity contribution in [3.63, 3.8) is 0 Å². The highest BCUT2D eigenvalue weighted by Gasteiger charge is 2.27. The molecule has 1 aromatic heterocycles. The summed E-state index contributed by atoms with van der Waals surface area (Å²) in [6.45, 7) is 9.98. The van der Waals surface area contributed by atoms with E-state index in [1.807, 2.05) is 27.7 Å². The molecule has 1 saturated heterocycles. The number of hydrogen-bond acceptors (Lipinski definition) is 5. The predicted molar refractivity (Wildman–Crippen MR) is 89.5 cm³/mol. The normalized spacial score (nSPS) is 15.9. The lowest BCUT2D eigenvalue weighted by molar-refractivity contribution is 0.0240. The van der Waals surface area contributed by atoms with Gasteiger partial charge in [-0.25, -0.2) is 9.78 Å². The second-order valence-corrected chi connectivity index (χ2v) is 7.30. The van der Waals surface area contributed by atoms with E-state index in [0.717, 1.165) is 16.0 Å². The first-order chi connectivity index (χ1) is 10.2. The fourth-order valence-corrected chi connectivity index (χ4v) is 2.78. The number of carbonyl (C=O) groups excluding carboxylic acids is 1. The largest absolute Gasteiger partial charge is 0.444 e. The van der Waals surface area contributed by atoms with Crippen LogP contribution in [0.25, 0.3) is 0 Å². The average molecular weight is 392 g/mol. The Morgan fingerprint density at radius 2 is 1.82 bits per heavy atom. The molecule has 0 spiro atoms. The molecule has 1 aliphatic heterocycles. The van der Waals surface area contributed by atoms with Gasteiger partial charge < -0.3 is 14.5 Å². The summed E-state index contributed by atoms with van der Waals surface area (Å²) in [6, 6.07) is 0. The van der Waals surface area contributed by atoms with Crippen LogP contribution in [0.2, 0.25) is 5.28 Å². The highest BCUT2D eigenvalue weighted by molar-refractivity contribution is 9.10. The monoisotopic (exact) mass is 390 g/mol. The van der Waals surface area contributed by atoms with Crippen molar-refractivity contribution in [1.82, 2.24) is 14.9 Å². The summed E-state index contributed by atoms with van der Waals surface area (Å²) in [5.41, 5.74) is 0.318. The molecule has 22 heavy (non-hydrogen) atoms. The Kier molecular flexibility index (Phi) is 5.17. The number of nitrogens with zero attached hydrogens (tertiary/aromatic N) is 4. The smallest absolute Gasteiger partial charge is 0.410 e. The van der Waals surface area contributed by atoms with Crippen LogP contribution in [0.15, 0.2) is 4.47 Å². The minimum atomic E-state index is -0.478. The van der Waals surface area contributed by atoms with Crippen molar-refractivity contribution in [3.8, 4) is 0 Å². The van der Waals surface area contributed by atoms with Gasteiger partial charge >= 0.3 is 6.09 Å². The van der Waals surface area contributed by atoms with Crippen molar-refractivity contribution in [1.29, 1.82) is 0 Å². The molecule has 0 unspecified atom stereocenters. The molecule has 1 aliphatic rings. The molecule has 8 heteroatoms. The van der Waals surface area contributed by atoms with Crippen LogP contribution in [0.5, 0.6) is 0 Å². The van der Waals surface area contributed by atoms with Gasteiger partial charge in [0.2, 0.25) is 5.28 Å². The zero-order chi connectivity index (χ0) is 16.5. The first-order valence-electron chi connectivity index (χ1n) is 7.10. The molecule has 0 bridgehead atoms. The molecule has 0 aliphatic carbocycles. The Balaban J connectivity index is 2.02. The van der Waals surface area contributed by atoms with E-state index >= 15 is 0 Å². The number of ether oxygens (including phenoxy) is 1. The third-order valence-corrected chi connectivity index (χ3v) is 4.30. The van der Waals surface area contributed by atoms with Crippen LogP contribution >= 0.6 is 27.5 Å². The number of aryl methyl sites for hydroxylation is 1. The second kappa shape index (κ2) is 6.58. The highest BCUT2D eigenvalue weighted by Crippen LogP contribution is 2.28. The molecular weight excluding hydrogens is 372 g/mol. The maximum absolute atomic E-state index is 12.1. The van der Waals surface area contributed by atoms with Crippen LogP contribution in [-0.2, 0) is 4.74 Å². The minimum Gasteiger partial charge on any atom is -0.444 e. The van der Waals surface area contributed by atoms with Crippen molar-refractivity contribution < 1.29 is 9.53 Å². The van der Waals surface area contributed by atoms with E-state index in [4.69, 9.17) is 16.3 Å². The van der Waals surface area contributed by atoms with Gasteiger partial charge in [0.25, 0.3) is 0 Å². The lowest BCUT2D eigenvalue weighted by Gasteiger charge is -2.36. The van der Waals surface area contributed by atoms with E-state index in [-0.39, 0.29) is 11.4 Å². The third-order valence-electron chi connectivity index (χ3n) is 3.20. The Bertz CT molecular complexity index is 569. The second-order valence-electron chi connectivity index (χ2n) is 6.17. The summed E-state index contributed by atoms with van der Waals surface area (Å²) in [4.78, 5) is 24.3. The number of hydrogen-bond donors (Lipinski definition) is 0. The molecular formula is C14H20BrClN4O2. The van der Waals surface area contributed by atoms with Crippen LogP contribution < -0.4 is 4.90 Å². The summed E-state index contributed by atoms with van der Waals surface area (Å²) in [5.74, 6) is 0.765. The highest BCUT2D eigenvalue weighted by atomic mass is 79.9. The number of piperazine rings is 1. The Morgan fingerprint density at radius 1 is 1.23 bits per heavy atom. The van der Waals surface area contributed by atoms with Crippen LogP contribution in [-0.4, -0.2) is 52.7 Å². The fourth-order valence-electron chi connectivity index (χ4n) is 2.15. The number of anilines is 1. The van der Waals surface area contributed by atoms with Gasteiger partial charge in [-0.1, -0.05) is 0 Å². The average Bonchev–Trinajstić information content (AvgIpc) is 2.41. The Labute approximate surface area is 143 Å². The first kappa shape index (κ1) is 17.3. The number of aromatic nitrogens is 2. The first-order valence-corrected chi connectivity index (χ1v) is 8.27. The van der Waals surface area contributed by atoms with Crippen LogP contribution in [0.4, 0.5) is 10.6 Å². The van der Waals surface area contributed by atoms with Gasteiger partial charge in [0, 0.05) is 26.2 Å². The van der Waals surface area contributed by atoms with Gasteiger partial charge in [0.15, 0.2) is 0 Å². The molecule has 1 aromatic rings. The van der Waals surface area contributed by atoms with Gasteiger partial charge in [0.1, 0.15) is 11.4 Å². The number of carbonyl (C=O) groups is 1. The summed E-state index contributed by atoms with van der Waals surface area (Å²) in [6.07, 6.45) is -0.275. The van der Waals surface area contributed by atoms with Gasteiger partial charge in [-0.15, -0.1) is 0 Å². The molecule has 2 rings (SSSR count). The Hall–Kier alpha value is -1.08. The van der Waals surface area contributed by atoms with E-state index in [0.29, 0.717) is 26.2 Å². The van der Waals surface area contributed by atoms with Crippen LogP contribution in [0.3, 0.4) is 0 Å². The molecule has 1 fully saturated rings. The number of amides is 1. The van der Waals surface area contributed by atoms with Crippen molar-refractivity contribution in [2.75, 3.05) is 31.1 Å². The van der Waals surface area contributed by atoms with Crippen LogP contribution in [0, 0.1) is 6.92 Å². The van der Waals surface area contributed by atoms with Gasteiger partial charge in [-0.3, -0.25) is 0 Å². The predicted octanol–water partition coefficient (Wildman–Crippen LogP) is 3.26. The lowest BCUT2D eigenvalue weighted by Crippen LogP contribution is -2.50. The quantitative estimate of drug-likeness (QED) is 0.688. The maximum atomic E-state index is 12.1. The van der Waals surface area contributed by atoms with E-state index in [9.17, 15) is 4.79 Å². The Morgan fingerprint density at radius 3 is 2.36 bits per heavy atom.